The van der Waals surface area contributed by atoms with Crippen molar-refractivity contribution in [2.24, 2.45) is 5.73 Å². The van der Waals surface area contributed by atoms with Gasteiger partial charge in [-0.2, -0.15) is 0 Å². The van der Waals surface area contributed by atoms with E-state index >= 15 is 0 Å². The van der Waals surface area contributed by atoms with Crippen LogP contribution in [0.1, 0.15) is 21.7 Å². The molecular weight excluding hydrogens is 276 g/mol. The van der Waals surface area contributed by atoms with Gasteiger partial charge in [0.25, 0.3) is 0 Å². The van der Waals surface area contributed by atoms with E-state index < -0.39 is 0 Å². The topological polar surface area (TPSA) is 38.9 Å². The lowest BCUT2D eigenvalue weighted by Crippen LogP contribution is -2.25. The number of para-hydroxylation sites is 1. The minimum Gasteiger partial charge on any atom is -0.327 e. The molecule has 0 saturated carbocycles. The zero-order valence-electron chi connectivity index (χ0n) is 12.5. The fourth-order valence-electron chi connectivity index (χ4n) is 2.79. The predicted octanol–water partition coefficient (Wildman–Crippen LogP) is 4.03. The van der Waals surface area contributed by atoms with Gasteiger partial charge < -0.3 is 5.73 Å². The van der Waals surface area contributed by atoms with Crippen molar-refractivity contribution in [3.8, 4) is 0 Å². The van der Waals surface area contributed by atoms with Crippen LogP contribution in [-0.4, -0.2) is 11.0 Å². The first kappa shape index (κ1) is 14.2. The summed E-state index contributed by atoms with van der Waals surface area (Å²) in [6.45, 7) is 4.27. The van der Waals surface area contributed by atoms with Crippen LogP contribution in [0.4, 0.5) is 0 Å². The summed E-state index contributed by atoms with van der Waals surface area (Å²) in [5.74, 6) is 0. The number of thiazole rings is 1. The average molecular weight is 296 g/mol. The summed E-state index contributed by atoms with van der Waals surface area (Å²) in [5, 5.41) is 1.13. The molecular formula is C18H20N2S. The lowest BCUT2D eigenvalue weighted by atomic mass is 10.0. The van der Waals surface area contributed by atoms with Crippen LogP contribution in [0.2, 0.25) is 0 Å². The molecule has 0 radical (unpaired) electrons. The minimum absolute atomic E-state index is 0.117. The zero-order chi connectivity index (χ0) is 14.8. The molecule has 1 atom stereocenters. The lowest BCUT2D eigenvalue weighted by molar-refractivity contribution is 0.662. The number of aromatic nitrogens is 1. The molecule has 0 aliphatic heterocycles. The van der Waals surface area contributed by atoms with E-state index in [0.29, 0.717) is 0 Å². The quantitative estimate of drug-likeness (QED) is 0.789. The second-order valence-corrected chi connectivity index (χ2v) is 6.85. The number of nitrogens with zero attached hydrogens (tertiary/aromatic N) is 1. The number of aryl methyl sites for hydroxylation is 2. The summed E-state index contributed by atoms with van der Waals surface area (Å²) in [5.41, 5.74) is 11.3. The summed E-state index contributed by atoms with van der Waals surface area (Å²) in [4.78, 5) is 4.67. The molecule has 1 aromatic heterocycles. The molecule has 1 heterocycles. The number of nitrogens with two attached hydrogens (primary N) is 1. The van der Waals surface area contributed by atoms with E-state index in [9.17, 15) is 0 Å². The van der Waals surface area contributed by atoms with E-state index in [2.05, 4.69) is 55.2 Å². The molecule has 0 spiro atoms. The highest BCUT2D eigenvalue weighted by Crippen LogP contribution is 2.23. The largest absolute Gasteiger partial charge is 0.327 e. The molecule has 21 heavy (non-hydrogen) atoms. The third-order valence-corrected chi connectivity index (χ3v) is 4.61. The molecule has 2 N–H and O–H groups in total. The summed E-state index contributed by atoms with van der Waals surface area (Å²) >= 11 is 1.75. The molecule has 0 aliphatic carbocycles. The summed E-state index contributed by atoms with van der Waals surface area (Å²) < 4.78 is 1.24. The molecule has 2 aromatic carbocycles. The Labute approximate surface area is 129 Å². The smallest absolute Gasteiger partial charge is 0.0954 e. The average Bonchev–Trinajstić information content (AvgIpc) is 2.78. The monoisotopic (exact) mass is 296 g/mol. The Bertz CT molecular complexity index is 708. The highest BCUT2D eigenvalue weighted by atomic mass is 32.1. The highest BCUT2D eigenvalue weighted by molar-refractivity contribution is 7.18. The van der Waals surface area contributed by atoms with Crippen molar-refractivity contribution in [3.05, 3.63) is 64.2 Å². The third-order valence-electron chi connectivity index (χ3n) is 3.55. The first-order valence-electron chi connectivity index (χ1n) is 7.27. The van der Waals surface area contributed by atoms with E-state index in [1.807, 2.05) is 6.07 Å². The number of hydrogen-bond donors (Lipinski definition) is 1. The highest BCUT2D eigenvalue weighted by Gasteiger charge is 2.10. The SMILES string of the molecule is Cc1cc(C)cc(CC(N)Cc2nc3ccccc3s2)c1. The van der Waals surface area contributed by atoms with Gasteiger partial charge >= 0.3 is 0 Å². The van der Waals surface area contributed by atoms with Gasteiger partial charge in [0.15, 0.2) is 0 Å². The fraction of sp³-hybridized carbons (Fsp3) is 0.278. The number of hydrogen-bond acceptors (Lipinski definition) is 3. The predicted molar refractivity (Wildman–Crippen MR) is 90.9 cm³/mol. The van der Waals surface area contributed by atoms with Gasteiger partial charge in [-0.15, -0.1) is 11.3 Å². The Hall–Kier alpha value is -1.71. The summed E-state index contributed by atoms with van der Waals surface area (Å²) in [6.07, 6.45) is 1.74. The van der Waals surface area contributed by atoms with Gasteiger partial charge in [0.1, 0.15) is 0 Å². The van der Waals surface area contributed by atoms with Crippen LogP contribution in [-0.2, 0) is 12.8 Å². The van der Waals surface area contributed by atoms with Crippen molar-refractivity contribution in [3.63, 3.8) is 0 Å². The Kier molecular flexibility index (Phi) is 4.04. The van der Waals surface area contributed by atoms with Gasteiger partial charge in [-0.25, -0.2) is 4.98 Å². The van der Waals surface area contributed by atoms with Crippen LogP contribution in [0.25, 0.3) is 10.2 Å². The van der Waals surface area contributed by atoms with Gasteiger partial charge in [-0.05, 0) is 38.0 Å². The molecule has 1 unspecified atom stereocenters. The summed E-state index contributed by atoms with van der Waals surface area (Å²) in [7, 11) is 0. The standard InChI is InChI=1S/C18H20N2S/c1-12-7-13(2)9-14(8-12)10-15(19)11-18-20-16-5-3-4-6-17(16)21-18/h3-9,15H,10-11,19H2,1-2H3. The first-order chi connectivity index (χ1) is 10.1. The van der Waals surface area contributed by atoms with E-state index in [4.69, 9.17) is 5.73 Å². The third kappa shape index (κ3) is 3.49. The normalized spacial score (nSPS) is 12.7. The Morgan fingerprint density at radius 3 is 2.48 bits per heavy atom. The van der Waals surface area contributed by atoms with Gasteiger partial charge in [-0.3, -0.25) is 0 Å². The van der Waals surface area contributed by atoms with Crippen LogP contribution in [0.15, 0.2) is 42.5 Å². The molecule has 0 fully saturated rings. The first-order valence-corrected chi connectivity index (χ1v) is 8.09. The maximum atomic E-state index is 6.33. The van der Waals surface area contributed by atoms with Crippen LogP contribution in [0.5, 0.6) is 0 Å². The maximum Gasteiger partial charge on any atom is 0.0954 e. The second-order valence-electron chi connectivity index (χ2n) is 5.74. The van der Waals surface area contributed by atoms with Crippen LogP contribution < -0.4 is 5.73 Å². The molecule has 3 rings (SSSR count). The van der Waals surface area contributed by atoms with Crippen LogP contribution >= 0.6 is 11.3 Å². The van der Waals surface area contributed by atoms with Crippen molar-refractivity contribution in [2.45, 2.75) is 32.7 Å². The number of benzene rings is 2. The second kappa shape index (κ2) is 5.96. The van der Waals surface area contributed by atoms with E-state index in [1.165, 1.54) is 21.4 Å². The van der Waals surface area contributed by atoms with Crippen molar-refractivity contribution < 1.29 is 0 Å². The number of fused-ring (bicyclic) bond motifs is 1. The van der Waals surface area contributed by atoms with Crippen molar-refractivity contribution in [1.29, 1.82) is 0 Å². The minimum atomic E-state index is 0.117. The van der Waals surface area contributed by atoms with E-state index in [1.54, 1.807) is 11.3 Å². The molecule has 108 valence electrons. The molecule has 0 aliphatic rings. The van der Waals surface area contributed by atoms with Gasteiger partial charge in [-0.1, -0.05) is 41.5 Å². The Morgan fingerprint density at radius 1 is 1.05 bits per heavy atom. The van der Waals surface area contributed by atoms with E-state index in [0.717, 1.165) is 23.4 Å². The Morgan fingerprint density at radius 2 is 1.76 bits per heavy atom. The lowest BCUT2D eigenvalue weighted by Gasteiger charge is -2.11. The van der Waals surface area contributed by atoms with Crippen molar-refractivity contribution >= 4 is 21.6 Å². The zero-order valence-corrected chi connectivity index (χ0v) is 13.3. The molecule has 0 amide bonds. The van der Waals surface area contributed by atoms with Crippen LogP contribution in [0, 0.1) is 13.8 Å². The molecule has 0 saturated heterocycles. The summed E-state index contributed by atoms with van der Waals surface area (Å²) in [6, 6.07) is 15.0. The van der Waals surface area contributed by atoms with Crippen LogP contribution in [0.3, 0.4) is 0 Å². The molecule has 2 nitrogen and oxygen atoms in total. The molecule has 3 heteroatoms. The van der Waals surface area contributed by atoms with Gasteiger partial charge in [0, 0.05) is 12.5 Å². The van der Waals surface area contributed by atoms with E-state index in [-0.39, 0.29) is 6.04 Å². The Balaban J connectivity index is 1.72. The maximum absolute atomic E-state index is 6.33. The van der Waals surface area contributed by atoms with Crippen molar-refractivity contribution in [1.82, 2.24) is 4.98 Å². The molecule has 3 aromatic rings. The molecule has 0 bridgehead atoms. The van der Waals surface area contributed by atoms with Crippen molar-refractivity contribution in [2.75, 3.05) is 0 Å². The van der Waals surface area contributed by atoms with Gasteiger partial charge in [0.05, 0.1) is 15.2 Å². The fourth-order valence-corrected chi connectivity index (χ4v) is 3.85. The number of rotatable bonds is 4. The van der Waals surface area contributed by atoms with Gasteiger partial charge in [0.2, 0.25) is 0 Å².